The van der Waals surface area contributed by atoms with Crippen molar-refractivity contribution in [1.82, 2.24) is 13.9 Å². The third kappa shape index (κ3) is 4.10. The highest BCUT2D eigenvalue weighted by Crippen LogP contribution is 2.33. The van der Waals surface area contributed by atoms with Crippen molar-refractivity contribution in [1.29, 1.82) is 0 Å². The number of carbonyl (C=O) groups is 1. The third-order valence-corrected chi connectivity index (χ3v) is 9.18. The number of thiophene rings is 1. The molecule has 1 unspecified atom stereocenters. The van der Waals surface area contributed by atoms with E-state index in [1.165, 1.54) is 16.1 Å². The molecule has 0 saturated carbocycles. The Labute approximate surface area is 200 Å². The van der Waals surface area contributed by atoms with E-state index >= 15 is 0 Å². The highest BCUT2D eigenvalue weighted by molar-refractivity contribution is 7.92. The molecule has 1 atom stereocenters. The molecule has 3 aromatic heterocycles. The molecule has 5 rings (SSSR count). The smallest absolute Gasteiger partial charge is 0.277 e. The van der Waals surface area contributed by atoms with E-state index in [2.05, 4.69) is 4.98 Å². The summed E-state index contributed by atoms with van der Waals surface area (Å²) in [5.74, 6) is -0.0981. The van der Waals surface area contributed by atoms with Crippen molar-refractivity contribution in [3.8, 4) is 0 Å². The van der Waals surface area contributed by atoms with Gasteiger partial charge in [-0.3, -0.25) is 9.78 Å². The van der Waals surface area contributed by atoms with Crippen LogP contribution in [-0.4, -0.2) is 34.7 Å². The summed E-state index contributed by atoms with van der Waals surface area (Å²) in [7, 11) is -3.81. The van der Waals surface area contributed by atoms with Crippen molar-refractivity contribution in [3.63, 3.8) is 0 Å². The van der Waals surface area contributed by atoms with Crippen molar-refractivity contribution < 1.29 is 13.2 Å². The average Bonchev–Trinajstić information content (AvgIpc) is 3.57. The Bertz CT molecular complexity index is 1460. The van der Waals surface area contributed by atoms with Gasteiger partial charge in [-0.2, -0.15) is 8.42 Å². The topological polar surface area (TPSA) is 72.3 Å². The Morgan fingerprint density at radius 3 is 2.67 bits per heavy atom. The van der Waals surface area contributed by atoms with Gasteiger partial charge in [-0.25, -0.2) is 3.97 Å². The summed E-state index contributed by atoms with van der Waals surface area (Å²) >= 11 is 6.98. The highest BCUT2D eigenvalue weighted by Gasteiger charge is 2.29. The number of likely N-dealkylation sites (tertiary alicyclic amines) is 1. The van der Waals surface area contributed by atoms with Gasteiger partial charge in [0.1, 0.15) is 4.21 Å². The van der Waals surface area contributed by atoms with Crippen molar-refractivity contribution in [2.45, 2.75) is 23.1 Å². The number of pyridine rings is 1. The lowest BCUT2D eigenvalue weighted by molar-refractivity contribution is -0.126. The van der Waals surface area contributed by atoms with Crippen LogP contribution in [0.3, 0.4) is 0 Å². The van der Waals surface area contributed by atoms with E-state index in [9.17, 15) is 13.2 Å². The summed E-state index contributed by atoms with van der Waals surface area (Å²) < 4.78 is 28.3. The van der Waals surface area contributed by atoms with Crippen molar-refractivity contribution >= 4 is 55.8 Å². The Morgan fingerprint density at radius 2 is 1.91 bits per heavy atom. The van der Waals surface area contributed by atoms with E-state index < -0.39 is 10.0 Å². The van der Waals surface area contributed by atoms with E-state index in [1.807, 2.05) is 29.2 Å². The molecule has 1 aliphatic rings. The van der Waals surface area contributed by atoms with Gasteiger partial charge in [0.15, 0.2) is 0 Å². The minimum atomic E-state index is -3.81. The van der Waals surface area contributed by atoms with Gasteiger partial charge in [0, 0.05) is 42.2 Å². The predicted molar refractivity (Wildman–Crippen MR) is 131 cm³/mol. The summed E-state index contributed by atoms with van der Waals surface area (Å²) in [6.45, 7) is 0.686. The van der Waals surface area contributed by atoms with Gasteiger partial charge in [-0.15, -0.1) is 11.3 Å². The van der Waals surface area contributed by atoms with Crippen LogP contribution in [-0.2, 0) is 14.8 Å². The lowest BCUT2D eigenvalue weighted by Crippen LogP contribution is -2.28. The summed E-state index contributed by atoms with van der Waals surface area (Å²) in [6, 6.07) is 14.2. The molecule has 0 bridgehead atoms. The van der Waals surface area contributed by atoms with Crippen LogP contribution in [0.1, 0.15) is 30.0 Å². The van der Waals surface area contributed by atoms with Crippen molar-refractivity contribution in [2.75, 3.05) is 6.54 Å². The fourth-order valence-corrected chi connectivity index (χ4v) is 7.21. The number of halogens is 1. The number of hydrogen-bond acceptors (Lipinski definition) is 5. The molecule has 0 aliphatic carbocycles. The lowest BCUT2D eigenvalue weighted by Gasteiger charge is -2.23. The van der Waals surface area contributed by atoms with Crippen molar-refractivity contribution in [3.05, 3.63) is 88.7 Å². The second kappa shape index (κ2) is 8.78. The normalized spacial score (nSPS) is 16.8. The molecule has 6 nitrogen and oxygen atoms in total. The predicted octanol–water partition coefficient (Wildman–Crippen LogP) is 5.37. The molecule has 168 valence electrons. The molecule has 4 aromatic rings. The second-order valence-electron chi connectivity index (χ2n) is 7.76. The Balaban J connectivity index is 1.48. The number of rotatable bonds is 5. The van der Waals surface area contributed by atoms with Gasteiger partial charge in [0.05, 0.1) is 15.9 Å². The first-order chi connectivity index (χ1) is 15.9. The Kier molecular flexibility index (Phi) is 5.82. The first-order valence-electron chi connectivity index (χ1n) is 10.4. The Hall–Kier alpha value is -2.94. The van der Waals surface area contributed by atoms with Gasteiger partial charge >= 0.3 is 0 Å². The molecule has 1 saturated heterocycles. The average molecular weight is 498 g/mol. The maximum absolute atomic E-state index is 13.2. The van der Waals surface area contributed by atoms with E-state index in [0.29, 0.717) is 22.0 Å². The first-order valence-corrected chi connectivity index (χ1v) is 13.1. The number of carbonyl (C=O) groups excluding carboxylic acids is 1. The molecule has 1 fully saturated rings. The van der Waals surface area contributed by atoms with E-state index in [-0.39, 0.29) is 16.2 Å². The molecule has 0 spiro atoms. The van der Waals surface area contributed by atoms with E-state index in [0.717, 1.165) is 35.1 Å². The minimum Gasteiger partial charge on any atom is -0.332 e. The van der Waals surface area contributed by atoms with E-state index in [4.69, 9.17) is 11.6 Å². The van der Waals surface area contributed by atoms with E-state index in [1.54, 1.807) is 42.9 Å². The maximum atomic E-state index is 13.2. The molecule has 33 heavy (non-hydrogen) atoms. The van der Waals surface area contributed by atoms with Crippen molar-refractivity contribution in [2.24, 2.45) is 0 Å². The highest BCUT2D eigenvalue weighted by atomic mass is 35.5. The van der Waals surface area contributed by atoms with Crippen LogP contribution in [0, 0.1) is 0 Å². The fraction of sp³-hybridized carbons (Fsp3) is 0.167. The zero-order valence-corrected chi connectivity index (χ0v) is 19.9. The van der Waals surface area contributed by atoms with Gasteiger partial charge < -0.3 is 4.90 Å². The molecule has 0 radical (unpaired) electrons. The number of benzene rings is 1. The van der Waals surface area contributed by atoms with Crippen LogP contribution in [0.2, 0.25) is 4.34 Å². The largest absolute Gasteiger partial charge is 0.332 e. The quantitative estimate of drug-likeness (QED) is 0.348. The number of hydrogen-bond donors (Lipinski definition) is 0. The van der Waals surface area contributed by atoms with Gasteiger partial charge in [-0.1, -0.05) is 29.8 Å². The van der Waals surface area contributed by atoms with Crippen LogP contribution < -0.4 is 0 Å². The summed E-state index contributed by atoms with van der Waals surface area (Å²) in [6.07, 6.45) is 10.1. The molecule has 9 heteroatoms. The molecular formula is C24H20ClN3O3S2. The summed E-state index contributed by atoms with van der Waals surface area (Å²) in [4.78, 5) is 19.0. The number of nitrogens with zero attached hydrogens (tertiary/aromatic N) is 3. The van der Waals surface area contributed by atoms with Crippen LogP contribution in [0.15, 0.2) is 77.4 Å². The second-order valence-corrected chi connectivity index (χ2v) is 11.5. The molecule has 1 aromatic carbocycles. The zero-order valence-electron chi connectivity index (χ0n) is 17.5. The van der Waals surface area contributed by atoms with Crippen LogP contribution in [0.25, 0.3) is 17.0 Å². The number of fused-ring (bicyclic) bond motifs is 1. The SMILES string of the molecule is O=C(/C=C/c1cn(S(=O)(=O)c2ccc(Cl)s2)c2ccccc12)N1CCCC1c1ccncc1. The number of para-hydroxylation sites is 1. The maximum Gasteiger partial charge on any atom is 0.277 e. The number of amides is 1. The minimum absolute atomic E-state index is 0.0236. The molecule has 4 heterocycles. The Morgan fingerprint density at radius 1 is 1.12 bits per heavy atom. The third-order valence-electron chi connectivity index (χ3n) is 5.80. The fourth-order valence-electron chi connectivity index (χ4n) is 4.26. The lowest BCUT2D eigenvalue weighted by atomic mass is 10.1. The van der Waals surface area contributed by atoms with Crippen LogP contribution in [0.5, 0.6) is 0 Å². The van der Waals surface area contributed by atoms with Gasteiger partial charge in [-0.05, 0) is 54.8 Å². The first kappa shape index (κ1) is 21.9. The van der Waals surface area contributed by atoms with Gasteiger partial charge in [0.2, 0.25) is 5.91 Å². The summed E-state index contributed by atoms with van der Waals surface area (Å²) in [5, 5.41) is 0.750. The summed E-state index contributed by atoms with van der Waals surface area (Å²) in [5.41, 5.74) is 2.27. The molecule has 0 N–H and O–H groups in total. The molecule has 1 amide bonds. The molecule has 1 aliphatic heterocycles. The zero-order chi connectivity index (χ0) is 23.0. The standard InChI is InChI=1S/C24H20ClN3O3S2/c25-22-8-10-24(32-22)33(30,31)28-16-18(19-4-1-2-5-21(19)28)7-9-23(29)27-15-3-6-20(27)17-11-13-26-14-12-17/h1-2,4-5,7-14,16,20H,3,6,15H2/b9-7+. The van der Waals surface area contributed by atoms with Crippen LogP contribution in [0.4, 0.5) is 0 Å². The number of aromatic nitrogens is 2. The monoisotopic (exact) mass is 497 g/mol. The van der Waals surface area contributed by atoms with Gasteiger partial charge in [0.25, 0.3) is 10.0 Å². The molecular weight excluding hydrogens is 478 g/mol. The van der Waals surface area contributed by atoms with Crippen LogP contribution >= 0.6 is 22.9 Å².